The number of sulfone groups is 1. The van der Waals surface area contributed by atoms with Gasteiger partial charge in [-0.1, -0.05) is 0 Å². The topological polar surface area (TPSA) is 113 Å². The number of nitrogens with one attached hydrogen (secondary N) is 1. The van der Waals surface area contributed by atoms with Gasteiger partial charge >= 0.3 is 0 Å². The number of rotatable bonds is 7. The van der Waals surface area contributed by atoms with Crippen molar-refractivity contribution in [1.29, 1.82) is 0 Å². The van der Waals surface area contributed by atoms with Crippen molar-refractivity contribution in [1.82, 2.24) is 24.6 Å². The van der Waals surface area contributed by atoms with Crippen LogP contribution in [-0.2, 0) is 29.5 Å². The molecule has 0 spiro atoms. The normalized spacial score (nSPS) is 16.3. The molecule has 9 nitrogen and oxygen atoms in total. The summed E-state index contributed by atoms with van der Waals surface area (Å²) >= 11 is 0. The highest BCUT2D eigenvalue weighted by molar-refractivity contribution is 7.90. The summed E-state index contributed by atoms with van der Waals surface area (Å²) < 4.78 is 24.6. The number of hydrogen-bond acceptors (Lipinski definition) is 8. The fraction of sp³-hybridized carbons (Fsp3) is 0.562. The van der Waals surface area contributed by atoms with Gasteiger partial charge in [-0.2, -0.15) is 5.10 Å². The van der Waals surface area contributed by atoms with Gasteiger partial charge in [-0.3, -0.25) is 9.58 Å². The standard InChI is InChI=1S/C16H24N6O3S/c1-3-17-16-18-7-12(8-19-16)9-21-4-5-22-13(10-21)6-14(20-22)15(23)11-26(2,24)25/h6-8,15,23H,3-5,9-11H2,1-2H3,(H,17,18,19)/t15-/m0/s1. The number of nitrogens with zero attached hydrogens (tertiary/aromatic N) is 5. The largest absolute Gasteiger partial charge is 0.386 e. The number of aliphatic hydroxyl groups is 1. The summed E-state index contributed by atoms with van der Waals surface area (Å²) in [7, 11) is -3.26. The highest BCUT2D eigenvalue weighted by Crippen LogP contribution is 2.20. The molecule has 0 saturated heterocycles. The van der Waals surface area contributed by atoms with Gasteiger partial charge in [-0.05, 0) is 13.0 Å². The molecule has 0 aromatic carbocycles. The molecule has 1 atom stereocenters. The Hall–Kier alpha value is -2.04. The van der Waals surface area contributed by atoms with Crippen molar-refractivity contribution in [3.63, 3.8) is 0 Å². The van der Waals surface area contributed by atoms with Crippen LogP contribution >= 0.6 is 0 Å². The molecule has 0 unspecified atom stereocenters. The monoisotopic (exact) mass is 380 g/mol. The number of aliphatic hydroxyl groups excluding tert-OH is 1. The summed E-state index contributed by atoms with van der Waals surface area (Å²) in [5, 5.41) is 17.5. The lowest BCUT2D eigenvalue weighted by Gasteiger charge is -2.27. The zero-order valence-corrected chi connectivity index (χ0v) is 15.8. The molecule has 3 heterocycles. The van der Waals surface area contributed by atoms with Crippen LogP contribution < -0.4 is 5.32 Å². The minimum Gasteiger partial charge on any atom is -0.386 e. The first-order chi connectivity index (χ1) is 12.3. The van der Waals surface area contributed by atoms with E-state index in [1.807, 2.05) is 24.0 Å². The van der Waals surface area contributed by atoms with Crippen LogP contribution in [-0.4, -0.2) is 63.3 Å². The summed E-state index contributed by atoms with van der Waals surface area (Å²) in [4.78, 5) is 10.8. The third kappa shape index (κ3) is 4.77. The lowest BCUT2D eigenvalue weighted by atomic mass is 10.2. The van der Waals surface area contributed by atoms with E-state index in [1.165, 1.54) is 0 Å². The van der Waals surface area contributed by atoms with E-state index in [4.69, 9.17) is 0 Å². The Kier molecular flexibility index (Phi) is 5.54. The van der Waals surface area contributed by atoms with E-state index in [2.05, 4.69) is 25.3 Å². The van der Waals surface area contributed by atoms with Gasteiger partial charge in [0.05, 0.1) is 23.7 Å². The van der Waals surface area contributed by atoms with Crippen LogP contribution in [0.5, 0.6) is 0 Å². The minimum atomic E-state index is -3.26. The van der Waals surface area contributed by atoms with E-state index < -0.39 is 15.9 Å². The van der Waals surface area contributed by atoms with Crippen LogP contribution in [0.2, 0.25) is 0 Å². The van der Waals surface area contributed by atoms with Crippen molar-refractivity contribution in [2.45, 2.75) is 32.7 Å². The molecule has 0 radical (unpaired) electrons. The van der Waals surface area contributed by atoms with Crippen molar-refractivity contribution in [2.24, 2.45) is 0 Å². The Bertz CT molecular complexity index is 849. The third-order valence-electron chi connectivity index (χ3n) is 4.14. The van der Waals surface area contributed by atoms with Crippen molar-refractivity contribution >= 4 is 15.8 Å². The molecular formula is C16H24N6O3S. The lowest BCUT2D eigenvalue weighted by molar-refractivity contribution is 0.191. The van der Waals surface area contributed by atoms with E-state index in [0.717, 1.165) is 37.1 Å². The molecule has 10 heteroatoms. The predicted octanol–water partition coefficient (Wildman–Crippen LogP) is 0.199. The Labute approximate surface area is 153 Å². The van der Waals surface area contributed by atoms with E-state index in [0.29, 0.717) is 24.7 Å². The highest BCUT2D eigenvalue weighted by atomic mass is 32.2. The summed E-state index contributed by atoms with van der Waals surface area (Å²) in [5.74, 6) is 0.306. The van der Waals surface area contributed by atoms with Gasteiger partial charge < -0.3 is 10.4 Å². The molecule has 142 valence electrons. The molecule has 0 bridgehead atoms. The molecule has 3 rings (SSSR count). The van der Waals surface area contributed by atoms with Gasteiger partial charge in [0.25, 0.3) is 0 Å². The van der Waals surface area contributed by atoms with E-state index in [9.17, 15) is 13.5 Å². The van der Waals surface area contributed by atoms with Crippen LogP contribution in [0.3, 0.4) is 0 Å². The Balaban J connectivity index is 1.64. The summed E-state index contributed by atoms with van der Waals surface area (Å²) in [6, 6.07) is 1.78. The van der Waals surface area contributed by atoms with Crippen molar-refractivity contribution in [2.75, 3.05) is 30.4 Å². The lowest BCUT2D eigenvalue weighted by Crippen LogP contribution is -2.33. The van der Waals surface area contributed by atoms with Gasteiger partial charge in [0.1, 0.15) is 15.9 Å². The number of aromatic nitrogens is 4. The van der Waals surface area contributed by atoms with Gasteiger partial charge in [-0.25, -0.2) is 18.4 Å². The second-order valence-corrected chi connectivity index (χ2v) is 8.73. The maximum absolute atomic E-state index is 11.4. The fourth-order valence-corrected chi connectivity index (χ4v) is 3.70. The zero-order chi connectivity index (χ0) is 18.7. The Morgan fingerprint density at radius 2 is 2.04 bits per heavy atom. The SMILES string of the molecule is CCNc1ncc(CN2CCn3nc([C@@H](O)CS(C)(=O)=O)cc3C2)cn1. The molecule has 2 aromatic rings. The van der Waals surface area contributed by atoms with Crippen LogP contribution in [0.1, 0.15) is 30.0 Å². The van der Waals surface area contributed by atoms with E-state index >= 15 is 0 Å². The molecule has 1 aliphatic heterocycles. The first-order valence-electron chi connectivity index (χ1n) is 8.53. The Morgan fingerprint density at radius 1 is 1.31 bits per heavy atom. The summed E-state index contributed by atoms with van der Waals surface area (Å²) in [5.41, 5.74) is 2.39. The fourth-order valence-electron chi connectivity index (χ4n) is 2.96. The van der Waals surface area contributed by atoms with Crippen molar-refractivity contribution < 1.29 is 13.5 Å². The average Bonchev–Trinajstić information content (AvgIpc) is 2.99. The van der Waals surface area contributed by atoms with E-state index in [1.54, 1.807) is 6.07 Å². The van der Waals surface area contributed by atoms with Crippen LogP contribution in [0.25, 0.3) is 0 Å². The van der Waals surface area contributed by atoms with Crippen LogP contribution in [0, 0.1) is 0 Å². The van der Waals surface area contributed by atoms with Crippen molar-refractivity contribution in [3.8, 4) is 0 Å². The average molecular weight is 380 g/mol. The minimum absolute atomic E-state index is 0.317. The molecule has 0 saturated carbocycles. The summed E-state index contributed by atoms with van der Waals surface area (Å²) in [6.45, 7) is 5.67. The Morgan fingerprint density at radius 3 is 2.69 bits per heavy atom. The molecule has 2 aromatic heterocycles. The maximum Gasteiger partial charge on any atom is 0.222 e. The van der Waals surface area contributed by atoms with Gasteiger partial charge in [0.2, 0.25) is 5.95 Å². The quantitative estimate of drug-likeness (QED) is 0.700. The summed E-state index contributed by atoms with van der Waals surface area (Å²) in [6.07, 6.45) is 3.65. The zero-order valence-electron chi connectivity index (χ0n) is 15.0. The molecule has 26 heavy (non-hydrogen) atoms. The number of hydrogen-bond donors (Lipinski definition) is 2. The molecule has 0 aliphatic carbocycles. The molecular weight excluding hydrogens is 356 g/mol. The number of fused-ring (bicyclic) bond motifs is 1. The number of anilines is 1. The van der Waals surface area contributed by atoms with Crippen molar-refractivity contribution in [3.05, 3.63) is 35.4 Å². The first-order valence-corrected chi connectivity index (χ1v) is 10.6. The van der Waals surface area contributed by atoms with Gasteiger partial charge in [0, 0.05) is 50.4 Å². The molecule has 1 aliphatic rings. The second-order valence-electron chi connectivity index (χ2n) is 6.55. The molecule has 0 amide bonds. The van der Waals surface area contributed by atoms with E-state index in [-0.39, 0.29) is 5.75 Å². The van der Waals surface area contributed by atoms with Gasteiger partial charge in [-0.15, -0.1) is 0 Å². The third-order valence-corrected chi connectivity index (χ3v) is 5.07. The highest BCUT2D eigenvalue weighted by Gasteiger charge is 2.23. The molecule has 0 fully saturated rings. The molecule has 2 N–H and O–H groups in total. The smallest absolute Gasteiger partial charge is 0.222 e. The van der Waals surface area contributed by atoms with Crippen LogP contribution in [0.4, 0.5) is 5.95 Å². The van der Waals surface area contributed by atoms with Crippen LogP contribution in [0.15, 0.2) is 18.5 Å². The van der Waals surface area contributed by atoms with Gasteiger partial charge in [0.15, 0.2) is 0 Å². The second kappa shape index (κ2) is 7.68. The maximum atomic E-state index is 11.4. The predicted molar refractivity (Wildman–Crippen MR) is 97.2 cm³/mol. The first kappa shape index (κ1) is 18.7.